The van der Waals surface area contributed by atoms with E-state index in [0.717, 1.165) is 6.33 Å². The molecule has 12 heteroatoms. The van der Waals surface area contributed by atoms with E-state index in [9.17, 15) is 25.0 Å². The van der Waals surface area contributed by atoms with Crippen LogP contribution in [0, 0.1) is 20.2 Å². The number of nitro groups is 2. The van der Waals surface area contributed by atoms with Crippen LogP contribution in [0.4, 0.5) is 11.6 Å². The summed E-state index contributed by atoms with van der Waals surface area (Å²) < 4.78 is 1.17. The van der Waals surface area contributed by atoms with Crippen molar-refractivity contribution in [3.8, 4) is 0 Å². The highest BCUT2D eigenvalue weighted by atomic mass is 16.6. The first-order valence-electron chi connectivity index (χ1n) is 6.49. The van der Waals surface area contributed by atoms with E-state index in [-0.39, 0.29) is 17.8 Å². The number of amides is 1. The van der Waals surface area contributed by atoms with E-state index in [1.807, 2.05) is 0 Å². The van der Waals surface area contributed by atoms with Gasteiger partial charge in [-0.1, -0.05) is 17.1 Å². The number of aromatic nitrogens is 3. The molecule has 0 aliphatic heterocycles. The van der Waals surface area contributed by atoms with Crippen molar-refractivity contribution in [2.45, 2.75) is 13.5 Å². The molecule has 0 fully saturated rings. The molecule has 12 nitrogen and oxygen atoms in total. The summed E-state index contributed by atoms with van der Waals surface area (Å²) in [6, 6.07) is 5.45. The van der Waals surface area contributed by atoms with Gasteiger partial charge in [0.05, 0.1) is 17.2 Å². The van der Waals surface area contributed by atoms with Crippen molar-refractivity contribution in [2.75, 3.05) is 0 Å². The van der Waals surface area contributed by atoms with Gasteiger partial charge in [0.25, 0.3) is 11.6 Å². The fourth-order valence-corrected chi connectivity index (χ4v) is 1.75. The average Bonchev–Trinajstić information content (AvgIpc) is 3.01. The van der Waals surface area contributed by atoms with Crippen molar-refractivity contribution in [1.29, 1.82) is 0 Å². The molecule has 2 aromatic rings. The predicted octanol–water partition coefficient (Wildman–Crippen LogP) is 0.900. The van der Waals surface area contributed by atoms with Crippen LogP contribution < -0.4 is 5.43 Å². The predicted molar refractivity (Wildman–Crippen MR) is 80.3 cm³/mol. The molecule has 1 amide bonds. The van der Waals surface area contributed by atoms with Gasteiger partial charge >= 0.3 is 5.95 Å². The molecule has 1 N–H and O–H groups in total. The quantitative estimate of drug-likeness (QED) is 0.467. The normalized spacial score (nSPS) is 11.1. The van der Waals surface area contributed by atoms with Gasteiger partial charge in [-0.25, -0.2) is 5.43 Å². The number of rotatable bonds is 6. The van der Waals surface area contributed by atoms with Gasteiger partial charge in [-0.05, 0) is 17.9 Å². The van der Waals surface area contributed by atoms with E-state index in [1.54, 1.807) is 6.92 Å². The fraction of sp³-hybridized carbons (Fsp3) is 0.167. The smallest absolute Gasteiger partial charge is 0.390 e. The first-order chi connectivity index (χ1) is 11.4. The number of hydrogen-bond acceptors (Lipinski definition) is 8. The van der Waals surface area contributed by atoms with E-state index in [2.05, 4.69) is 20.6 Å². The van der Waals surface area contributed by atoms with Crippen molar-refractivity contribution in [3.63, 3.8) is 0 Å². The standard InChI is InChI=1S/C12H11N7O5/c1-8(6-17-7-13-12(16-17)19(23)24)14-15-11(20)9-4-2-3-5-10(9)18(21)22/h2-5,7H,6H2,1H3,(H,15,20)/b14-8+. The number of carbonyl (C=O) groups is 1. The van der Waals surface area contributed by atoms with Crippen LogP contribution in [0.25, 0.3) is 0 Å². The Balaban J connectivity index is 2.05. The fourth-order valence-electron chi connectivity index (χ4n) is 1.75. The molecule has 0 atom stereocenters. The van der Waals surface area contributed by atoms with Crippen LogP contribution in [0.15, 0.2) is 35.7 Å². The monoisotopic (exact) mass is 333 g/mol. The molecule has 24 heavy (non-hydrogen) atoms. The number of benzene rings is 1. The first kappa shape index (κ1) is 16.7. The van der Waals surface area contributed by atoms with Gasteiger partial charge < -0.3 is 10.1 Å². The molecule has 0 aliphatic rings. The summed E-state index contributed by atoms with van der Waals surface area (Å²) in [7, 11) is 0. The molecule has 0 radical (unpaired) electrons. The zero-order chi connectivity index (χ0) is 17.7. The molecule has 0 spiro atoms. The molecule has 1 aromatic heterocycles. The van der Waals surface area contributed by atoms with Crippen molar-refractivity contribution in [1.82, 2.24) is 20.2 Å². The van der Waals surface area contributed by atoms with Gasteiger partial charge in [-0.2, -0.15) is 9.78 Å². The van der Waals surface area contributed by atoms with Gasteiger partial charge in [0, 0.05) is 11.2 Å². The van der Waals surface area contributed by atoms with E-state index in [0.29, 0.717) is 5.71 Å². The highest BCUT2D eigenvalue weighted by Gasteiger charge is 2.19. The Morgan fingerprint density at radius 2 is 2.00 bits per heavy atom. The molecular weight excluding hydrogens is 322 g/mol. The lowest BCUT2D eigenvalue weighted by Crippen LogP contribution is -2.21. The average molecular weight is 333 g/mol. The molecule has 2 rings (SSSR count). The van der Waals surface area contributed by atoms with Crippen LogP contribution in [0.3, 0.4) is 0 Å². The summed E-state index contributed by atoms with van der Waals surface area (Å²) in [4.78, 5) is 35.4. The highest BCUT2D eigenvalue weighted by molar-refractivity contribution is 5.98. The van der Waals surface area contributed by atoms with Crippen LogP contribution in [-0.4, -0.2) is 36.2 Å². The second-order valence-corrected chi connectivity index (χ2v) is 4.56. The SMILES string of the molecule is C/C(Cn1cnc([N+](=O)[O-])n1)=N\NC(=O)c1ccccc1[N+](=O)[O-]. The number of carbonyl (C=O) groups excluding carboxylic acids is 1. The lowest BCUT2D eigenvalue weighted by atomic mass is 10.2. The van der Waals surface area contributed by atoms with E-state index >= 15 is 0 Å². The molecule has 0 bridgehead atoms. The van der Waals surface area contributed by atoms with Gasteiger partial charge in [0.2, 0.25) is 6.33 Å². The molecule has 1 aromatic carbocycles. The van der Waals surface area contributed by atoms with Crippen LogP contribution >= 0.6 is 0 Å². The van der Waals surface area contributed by atoms with Crippen molar-refractivity contribution >= 4 is 23.3 Å². The largest absolute Gasteiger partial charge is 0.490 e. The summed E-state index contributed by atoms with van der Waals surface area (Å²) in [5.41, 5.74) is 2.09. The minimum Gasteiger partial charge on any atom is -0.390 e. The van der Waals surface area contributed by atoms with Crippen LogP contribution in [0.5, 0.6) is 0 Å². The van der Waals surface area contributed by atoms with Gasteiger partial charge in [-0.3, -0.25) is 14.9 Å². The highest BCUT2D eigenvalue weighted by Crippen LogP contribution is 2.17. The first-order valence-corrected chi connectivity index (χ1v) is 6.49. The van der Waals surface area contributed by atoms with E-state index < -0.39 is 21.7 Å². The molecule has 0 saturated heterocycles. The third-order valence-electron chi connectivity index (χ3n) is 2.77. The number of para-hydroxylation sites is 1. The van der Waals surface area contributed by atoms with Crippen molar-refractivity contribution in [3.05, 3.63) is 56.4 Å². The topological polar surface area (TPSA) is 158 Å². The summed E-state index contributed by atoms with van der Waals surface area (Å²) in [6.07, 6.45) is 1.15. The van der Waals surface area contributed by atoms with Crippen molar-refractivity contribution in [2.24, 2.45) is 5.10 Å². The Kier molecular flexibility index (Phi) is 4.89. The minimum atomic E-state index is -0.744. The second-order valence-electron chi connectivity index (χ2n) is 4.56. The molecule has 0 aliphatic carbocycles. The zero-order valence-corrected chi connectivity index (χ0v) is 12.3. The Bertz CT molecular complexity index is 829. The third kappa shape index (κ3) is 3.94. The second kappa shape index (κ2) is 7.04. The molecular formula is C12H11N7O5. The summed E-state index contributed by atoms with van der Waals surface area (Å²) in [5, 5.41) is 28.7. The molecule has 124 valence electrons. The Morgan fingerprint density at radius 3 is 2.62 bits per heavy atom. The number of nitro benzene ring substituents is 1. The van der Waals surface area contributed by atoms with E-state index in [1.165, 1.54) is 28.9 Å². The van der Waals surface area contributed by atoms with Gasteiger partial charge in [0.15, 0.2) is 0 Å². The number of hydrogen-bond donors (Lipinski definition) is 1. The number of nitrogens with one attached hydrogen (secondary N) is 1. The molecule has 1 heterocycles. The molecule has 0 unspecified atom stereocenters. The summed E-state index contributed by atoms with van der Waals surface area (Å²) >= 11 is 0. The maximum absolute atomic E-state index is 12.0. The zero-order valence-electron chi connectivity index (χ0n) is 12.3. The maximum atomic E-state index is 12.0. The molecule has 0 saturated carbocycles. The van der Waals surface area contributed by atoms with Gasteiger partial charge in [-0.15, -0.1) is 0 Å². The Morgan fingerprint density at radius 1 is 1.29 bits per heavy atom. The Labute approximate surface area is 134 Å². The summed E-state index contributed by atoms with van der Waals surface area (Å²) in [5.74, 6) is -1.29. The van der Waals surface area contributed by atoms with Gasteiger partial charge in [0.1, 0.15) is 5.56 Å². The number of hydrazone groups is 1. The lowest BCUT2D eigenvalue weighted by molar-refractivity contribution is -0.394. The maximum Gasteiger partial charge on any atom is 0.490 e. The Hall–Kier alpha value is -3.70. The minimum absolute atomic E-state index is 0.0536. The van der Waals surface area contributed by atoms with Crippen molar-refractivity contribution < 1.29 is 14.6 Å². The number of nitrogens with zero attached hydrogens (tertiary/aromatic N) is 6. The van der Waals surface area contributed by atoms with Crippen LogP contribution in [0.1, 0.15) is 17.3 Å². The summed E-state index contributed by atoms with van der Waals surface area (Å²) in [6.45, 7) is 1.60. The third-order valence-corrected chi connectivity index (χ3v) is 2.77. The lowest BCUT2D eigenvalue weighted by Gasteiger charge is -2.02. The van der Waals surface area contributed by atoms with Crippen LogP contribution in [-0.2, 0) is 6.54 Å². The van der Waals surface area contributed by atoms with E-state index in [4.69, 9.17) is 0 Å². The van der Waals surface area contributed by atoms with Crippen LogP contribution in [0.2, 0.25) is 0 Å².